The molecule has 0 spiro atoms. The van der Waals surface area contributed by atoms with E-state index < -0.39 is 0 Å². The summed E-state index contributed by atoms with van der Waals surface area (Å²) in [7, 11) is 0. The summed E-state index contributed by atoms with van der Waals surface area (Å²) in [6, 6.07) is 15.2. The maximum absolute atomic E-state index is 12.4. The molecule has 0 aliphatic rings. The van der Waals surface area contributed by atoms with Crippen molar-refractivity contribution in [1.82, 2.24) is 24.9 Å². The molecule has 0 aliphatic heterocycles. The van der Waals surface area contributed by atoms with Crippen molar-refractivity contribution in [2.75, 3.05) is 0 Å². The number of hydrogen-bond acceptors (Lipinski definition) is 5. The first-order valence-corrected chi connectivity index (χ1v) is 9.20. The van der Waals surface area contributed by atoms with Gasteiger partial charge < -0.3 is 5.32 Å². The number of imidazole rings is 1. The zero-order valence-corrected chi connectivity index (χ0v) is 15.0. The van der Waals surface area contributed by atoms with Crippen molar-refractivity contribution in [2.24, 2.45) is 0 Å². The van der Waals surface area contributed by atoms with E-state index in [1.165, 1.54) is 0 Å². The van der Waals surface area contributed by atoms with Gasteiger partial charge in [0.25, 0.3) is 5.91 Å². The monoisotopic (exact) mass is 363 g/mol. The van der Waals surface area contributed by atoms with Gasteiger partial charge >= 0.3 is 0 Å². The lowest BCUT2D eigenvalue weighted by Gasteiger charge is -2.06. The molecule has 4 rings (SSSR count). The van der Waals surface area contributed by atoms with Gasteiger partial charge in [0.1, 0.15) is 10.7 Å². The van der Waals surface area contributed by atoms with Crippen LogP contribution < -0.4 is 5.32 Å². The summed E-state index contributed by atoms with van der Waals surface area (Å²) >= 11 is 1.57. The van der Waals surface area contributed by atoms with Crippen molar-refractivity contribution in [1.29, 1.82) is 0 Å². The van der Waals surface area contributed by atoms with E-state index in [4.69, 9.17) is 4.98 Å². The SMILES string of the molecule is CCc1nn2c(CNC(=O)c3ccccn3)c(-c3ccccc3)nc2s1. The topological polar surface area (TPSA) is 72.2 Å². The molecule has 3 heterocycles. The molecule has 3 aromatic heterocycles. The van der Waals surface area contributed by atoms with Crippen LogP contribution in [0.3, 0.4) is 0 Å². The second kappa shape index (κ2) is 7.05. The van der Waals surface area contributed by atoms with Crippen LogP contribution in [0.1, 0.15) is 28.1 Å². The molecule has 0 atom stereocenters. The highest BCUT2D eigenvalue weighted by atomic mass is 32.1. The van der Waals surface area contributed by atoms with Gasteiger partial charge in [-0.05, 0) is 18.6 Å². The second-order valence-electron chi connectivity index (χ2n) is 5.71. The Morgan fingerprint density at radius 1 is 1.15 bits per heavy atom. The van der Waals surface area contributed by atoms with E-state index in [9.17, 15) is 4.79 Å². The van der Waals surface area contributed by atoms with Crippen LogP contribution in [0.5, 0.6) is 0 Å². The molecule has 6 nitrogen and oxygen atoms in total. The molecule has 0 unspecified atom stereocenters. The van der Waals surface area contributed by atoms with Crippen LogP contribution in [-0.2, 0) is 13.0 Å². The van der Waals surface area contributed by atoms with Crippen molar-refractivity contribution < 1.29 is 4.79 Å². The minimum atomic E-state index is -0.217. The number of nitrogens with one attached hydrogen (secondary N) is 1. The Labute approximate surface area is 154 Å². The predicted octanol–water partition coefficient (Wildman–Crippen LogP) is 3.35. The number of hydrogen-bond donors (Lipinski definition) is 1. The highest BCUT2D eigenvalue weighted by Crippen LogP contribution is 2.27. The molecule has 130 valence electrons. The summed E-state index contributed by atoms with van der Waals surface area (Å²) < 4.78 is 1.84. The highest BCUT2D eigenvalue weighted by molar-refractivity contribution is 7.16. The predicted molar refractivity (Wildman–Crippen MR) is 101 cm³/mol. The Morgan fingerprint density at radius 3 is 2.69 bits per heavy atom. The quantitative estimate of drug-likeness (QED) is 0.590. The molecule has 0 saturated heterocycles. The van der Waals surface area contributed by atoms with Gasteiger partial charge in [-0.2, -0.15) is 5.10 Å². The summed E-state index contributed by atoms with van der Waals surface area (Å²) in [4.78, 5) is 22.0. The van der Waals surface area contributed by atoms with E-state index in [0.29, 0.717) is 12.2 Å². The second-order valence-corrected chi connectivity index (χ2v) is 6.76. The van der Waals surface area contributed by atoms with Crippen molar-refractivity contribution in [2.45, 2.75) is 19.9 Å². The molecule has 0 bridgehead atoms. The zero-order chi connectivity index (χ0) is 17.9. The Bertz CT molecular complexity index is 1040. The molecule has 1 N–H and O–H groups in total. The molecular weight excluding hydrogens is 346 g/mol. The standard InChI is InChI=1S/C19H17N5OS/c1-2-16-23-24-15(12-21-18(25)14-10-6-7-11-20-14)17(22-19(24)26-16)13-8-4-3-5-9-13/h3-11H,2,12H2,1H3,(H,21,25). The van der Waals surface area contributed by atoms with Crippen molar-refractivity contribution in [3.8, 4) is 11.3 Å². The van der Waals surface area contributed by atoms with Gasteiger partial charge in [0.15, 0.2) is 0 Å². The molecule has 0 saturated carbocycles. The third-order valence-electron chi connectivity index (χ3n) is 4.00. The van der Waals surface area contributed by atoms with Gasteiger partial charge in [0.2, 0.25) is 4.96 Å². The lowest BCUT2D eigenvalue weighted by molar-refractivity contribution is 0.0945. The van der Waals surface area contributed by atoms with Gasteiger partial charge in [-0.1, -0.05) is 54.7 Å². The van der Waals surface area contributed by atoms with E-state index in [2.05, 4.69) is 22.3 Å². The van der Waals surface area contributed by atoms with Crippen molar-refractivity contribution in [3.63, 3.8) is 0 Å². The summed E-state index contributed by atoms with van der Waals surface area (Å²) in [6.45, 7) is 2.40. The van der Waals surface area contributed by atoms with Gasteiger partial charge in [-0.25, -0.2) is 9.50 Å². The minimum Gasteiger partial charge on any atom is -0.345 e. The summed E-state index contributed by atoms with van der Waals surface area (Å²) in [6.07, 6.45) is 2.46. The Hall–Kier alpha value is -3.06. The first-order valence-electron chi connectivity index (χ1n) is 8.38. The number of benzene rings is 1. The molecule has 1 aromatic carbocycles. The zero-order valence-electron chi connectivity index (χ0n) is 14.2. The number of pyridine rings is 1. The number of carbonyl (C=O) groups is 1. The average molecular weight is 363 g/mol. The number of amides is 1. The fourth-order valence-corrected chi connectivity index (χ4v) is 3.56. The van der Waals surface area contributed by atoms with Crippen LogP contribution in [-0.4, -0.2) is 25.5 Å². The number of fused-ring (bicyclic) bond motifs is 1. The largest absolute Gasteiger partial charge is 0.345 e. The van der Waals surface area contributed by atoms with Crippen molar-refractivity contribution >= 4 is 22.2 Å². The van der Waals surface area contributed by atoms with Crippen LogP contribution >= 0.6 is 11.3 Å². The van der Waals surface area contributed by atoms with Crippen LogP contribution in [0.25, 0.3) is 16.2 Å². The minimum absolute atomic E-state index is 0.217. The summed E-state index contributed by atoms with van der Waals surface area (Å²) in [5, 5.41) is 8.59. The number of nitrogens with zero attached hydrogens (tertiary/aromatic N) is 4. The van der Waals surface area contributed by atoms with Gasteiger partial charge in [0, 0.05) is 11.8 Å². The van der Waals surface area contributed by atoms with Gasteiger partial charge in [0.05, 0.1) is 17.9 Å². The third-order valence-corrected chi connectivity index (χ3v) is 5.05. The van der Waals surface area contributed by atoms with Gasteiger partial charge in [-0.15, -0.1) is 0 Å². The van der Waals surface area contributed by atoms with E-state index in [0.717, 1.165) is 33.3 Å². The van der Waals surface area contributed by atoms with E-state index in [1.807, 2.05) is 34.8 Å². The maximum Gasteiger partial charge on any atom is 0.270 e. The summed E-state index contributed by atoms with van der Waals surface area (Å²) in [5.74, 6) is -0.217. The maximum atomic E-state index is 12.4. The Balaban J connectivity index is 1.69. The third kappa shape index (κ3) is 3.09. The molecular formula is C19H17N5OS. The van der Waals surface area contributed by atoms with E-state index >= 15 is 0 Å². The Kier molecular flexibility index (Phi) is 4.45. The fourth-order valence-electron chi connectivity index (χ4n) is 2.71. The van der Waals surface area contributed by atoms with Crippen molar-refractivity contribution in [3.05, 3.63) is 71.1 Å². The smallest absolute Gasteiger partial charge is 0.270 e. The van der Waals surface area contributed by atoms with Crippen LogP contribution in [0.15, 0.2) is 54.7 Å². The number of rotatable bonds is 5. The lowest BCUT2D eigenvalue weighted by Crippen LogP contribution is -2.24. The molecule has 0 fully saturated rings. The lowest BCUT2D eigenvalue weighted by atomic mass is 10.1. The molecule has 0 radical (unpaired) electrons. The van der Waals surface area contributed by atoms with Crippen LogP contribution in [0.2, 0.25) is 0 Å². The fraction of sp³-hybridized carbons (Fsp3) is 0.158. The first kappa shape index (κ1) is 16.4. The Morgan fingerprint density at radius 2 is 1.96 bits per heavy atom. The summed E-state index contributed by atoms with van der Waals surface area (Å²) in [5.41, 5.74) is 3.10. The van der Waals surface area contributed by atoms with Crippen LogP contribution in [0.4, 0.5) is 0 Å². The molecule has 1 amide bonds. The first-order chi connectivity index (χ1) is 12.8. The van der Waals surface area contributed by atoms with E-state index in [1.54, 1.807) is 35.7 Å². The average Bonchev–Trinajstić information content (AvgIpc) is 3.25. The highest BCUT2D eigenvalue weighted by Gasteiger charge is 2.18. The normalized spacial score (nSPS) is 11.0. The van der Waals surface area contributed by atoms with E-state index in [-0.39, 0.29) is 5.91 Å². The van der Waals surface area contributed by atoms with Crippen LogP contribution in [0, 0.1) is 0 Å². The molecule has 7 heteroatoms. The van der Waals surface area contributed by atoms with Gasteiger partial charge in [-0.3, -0.25) is 9.78 Å². The number of aromatic nitrogens is 4. The molecule has 26 heavy (non-hydrogen) atoms. The number of carbonyl (C=O) groups excluding carboxylic acids is 1. The molecule has 0 aliphatic carbocycles. The molecule has 4 aromatic rings. The number of aryl methyl sites for hydroxylation is 1.